The summed E-state index contributed by atoms with van der Waals surface area (Å²) in [4.78, 5) is 10.7. The smallest absolute Gasteiger partial charge is 0.288 e. The van der Waals surface area contributed by atoms with Crippen molar-refractivity contribution in [3.05, 3.63) is 12.7 Å². The molecular weight excluding hydrogens is 182 g/mol. The van der Waals surface area contributed by atoms with Gasteiger partial charge in [0.2, 0.25) is 5.91 Å². The van der Waals surface area contributed by atoms with E-state index in [9.17, 15) is 13.2 Å². The van der Waals surface area contributed by atoms with Gasteiger partial charge in [-0.1, -0.05) is 6.58 Å². The van der Waals surface area contributed by atoms with E-state index in [1.54, 1.807) is 0 Å². The van der Waals surface area contributed by atoms with E-state index in [2.05, 4.69) is 16.1 Å². The summed E-state index contributed by atoms with van der Waals surface area (Å²) in [6.07, 6.45) is 1.32. The third-order valence-electron chi connectivity index (χ3n) is 1.46. The number of amides is 1. The van der Waals surface area contributed by atoms with Crippen LogP contribution < -0.4 is 5.32 Å². The van der Waals surface area contributed by atoms with Crippen molar-refractivity contribution in [2.75, 3.05) is 6.61 Å². The summed E-state index contributed by atoms with van der Waals surface area (Å²) in [6.45, 7) is 3.33. The zero-order chi connectivity index (χ0) is 9.19. The summed E-state index contributed by atoms with van der Waals surface area (Å²) in [6, 6.07) is 0. The van der Waals surface area contributed by atoms with Crippen molar-refractivity contribution in [3.63, 3.8) is 0 Å². The molecule has 0 bridgehead atoms. The van der Waals surface area contributed by atoms with Gasteiger partial charge in [0.1, 0.15) is 0 Å². The standard InChI is InChI=1S/C6H9NO4S/c1-2-5(8)7-6-3-4-11-12(6,9)10/h2,6H,1,3-4H2,(H,7,8). The first-order chi connectivity index (χ1) is 5.56. The van der Waals surface area contributed by atoms with Crippen LogP contribution in [0.5, 0.6) is 0 Å². The molecule has 1 rings (SSSR count). The van der Waals surface area contributed by atoms with Crippen LogP contribution in [0.1, 0.15) is 6.42 Å². The Bertz CT molecular complexity index is 295. The molecule has 0 spiro atoms. The van der Waals surface area contributed by atoms with Crippen molar-refractivity contribution >= 4 is 16.0 Å². The fraction of sp³-hybridized carbons (Fsp3) is 0.500. The summed E-state index contributed by atoms with van der Waals surface area (Å²) in [5.41, 5.74) is 0. The van der Waals surface area contributed by atoms with Crippen LogP contribution in [0.25, 0.3) is 0 Å². The first-order valence-corrected chi connectivity index (χ1v) is 4.84. The number of carbonyl (C=O) groups is 1. The fourth-order valence-corrected chi connectivity index (χ4v) is 2.00. The van der Waals surface area contributed by atoms with Crippen molar-refractivity contribution in [1.29, 1.82) is 0 Å². The normalized spacial score (nSPS) is 26.5. The summed E-state index contributed by atoms with van der Waals surface area (Å²) in [7, 11) is -3.57. The van der Waals surface area contributed by atoms with Gasteiger partial charge in [0.05, 0.1) is 6.61 Å². The van der Waals surface area contributed by atoms with Gasteiger partial charge < -0.3 is 5.32 Å². The molecule has 0 aliphatic carbocycles. The lowest BCUT2D eigenvalue weighted by atomic mass is 10.4. The molecule has 1 amide bonds. The highest BCUT2D eigenvalue weighted by Gasteiger charge is 2.33. The van der Waals surface area contributed by atoms with Crippen LogP contribution in [0, 0.1) is 0 Å². The van der Waals surface area contributed by atoms with Crippen molar-refractivity contribution in [2.45, 2.75) is 11.8 Å². The molecule has 0 aromatic heterocycles. The van der Waals surface area contributed by atoms with Gasteiger partial charge in [-0.25, -0.2) is 0 Å². The number of hydrogen-bond acceptors (Lipinski definition) is 4. The van der Waals surface area contributed by atoms with Gasteiger partial charge in [0.25, 0.3) is 10.1 Å². The molecule has 0 radical (unpaired) electrons. The van der Waals surface area contributed by atoms with Crippen LogP contribution in [0.15, 0.2) is 12.7 Å². The van der Waals surface area contributed by atoms with E-state index in [4.69, 9.17) is 0 Å². The molecule has 0 aromatic rings. The van der Waals surface area contributed by atoms with Gasteiger partial charge in [0, 0.05) is 6.42 Å². The van der Waals surface area contributed by atoms with Gasteiger partial charge in [-0.05, 0) is 6.08 Å². The molecule has 0 aromatic carbocycles. The SMILES string of the molecule is C=CC(=O)NC1CCOS1(=O)=O. The first kappa shape index (κ1) is 9.21. The molecule has 0 saturated carbocycles. The Morgan fingerprint density at radius 1 is 1.67 bits per heavy atom. The minimum absolute atomic E-state index is 0.129. The highest BCUT2D eigenvalue weighted by molar-refractivity contribution is 7.87. The maximum atomic E-state index is 10.9. The topological polar surface area (TPSA) is 72.5 Å². The van der Waals surface area contributed by atoms with Gasteiger partial charge in [-0.2, -0.15) is 8.42 Å². The molecule has 68 valence electrons. The second-order valence-corrected chi connectivity index (χ2v) is 4.10. The third kappa shape index (κ3) is 1.83. The summed E-state index contributed by atoms with van der Waals surface area (Å²) >= 11 is 0. The molecule has 1 atom stereocenters. The van der Waals surface area contributed by atoms with E-state index in [0.29, 0.717) is 6.42 Å². The van der Waals surface area contributed by atoms with Gasteiger partial charge in [0.15, 0.2) is 5.37 Å². The number of carbonyl (C=O) groups excluding carboxylic acids is 1. The van der Waals surface area contributed by atoms with E-state index in [1.807, 2.05) is 0 Å². The van der Waals surface area contributed by atoms with Crippen LogP contribution in [-0.4, -0.2) is 26.3 Å². The van der Waals surface area contributed by atoms with Crippen LogP contribution in [0.2, 0.25) is 0 Å². The van der Waals surface area contributed by atoms with Crippen molar-refractivity contribution in [3.8, 4) is 0 Å². The van der Waals surface area contributed by atoms with Crippen LogP contribution in [0.3, 0.4) is 0 Å². The Morgan fingerprint density at radius 2 is 2.33 bits per heavy atom. The Balaban J connectivity index is 2.65. The van der Waals surface area contributed by atoms with Crippen molar-refractivity contribution in [2.24, 2.45) is 0 Å². The molecular formula is C6H9NO4S. The Labute approximate surface area is 70.5 Å². The van der Waals surface area contributed by atoms with E-state index in [-0.39, 0.29) is 6.61 Å². The molecule has 12 heavy (non-hydrogen) atoms. The zero-order valence-corrected chi connectivity index (χ0v) is 7.13. The molecule has 1 unspecified atom stereocenters. The molecule has 1 N–H and O–H groups in total. The van der Waals surface area contributed by atoms with E-state index < -0.39 is 21.4 Å². The van der Waals surface area contributed by atoms with Gasteiger partial charge >= 0.3 is 0 Å². The summed E-state index contributed by atoms with van der Waals surface area (Å²) < 4.78 is 26.3. The van der Waals surface area contributed by atoms with E-state index >= 15 is 0 Å². The van der Waals surface area contributed by atoms with Crippen LogP contribution in [0.4, 0.5) is 0 Å². The Kier molecular flexibility index (Phi) is 2.49. The molecule has 1 saturated heterocycles. The molecule has 1 aliphatic heterocycles. The number of rotatable bonds is 2. The van der Waals surface area contributed by atoms with Crippen LogP contribution in [-0.2, 0) is 19.1 Å². The second-order valence-electron chi connectivity index (χ2n) is 2.30. The van der Waals surface area contributed by atoms with Gasteiger partial charge in [-0.3, -0.25) is 8.98 Å². The van der Waals surface area contributed by atoms with Crippen molar-refractivity contribution in [1.82, 2.24) is 5.32 Å². The predicted molar refractivity (Wildman–Crippen MR) is 41.6 cm³/mol. The minimum atomic E-state index is -3.57. The summed E-state index contributed by atoms with van der Waals surface area (Å²) in [5, 5.41) is 1.33. The molecule has 1 aliphatic rings. The highest BCUT2D eigenvalue weighted by Crippen LogP contribution is 2.14. The predicted octanol–water partition coefficient (Wildman–Crippen LogP) is -0.635. The maximum Gasteiger partial charge on any atom is 0.288 e. The second kappa shape index (κ2) is 3.24. The quantitative estimate of drug-likeness (QED) is 0.465. The van der Waals surface area contributed by atoms with E-state index in [0.717, 1.165) is 6.08 Å². The lowest BCUT2D eigenvalue weighted by molar-refractivity contribution is -0.116. The number of hydrogen-bond donors (Lipinski definition) is 1. The zero-order valence-electron chi connectivity index (χ0n) is 6.32. The minimum Gasteiger partial charge on any atom is -0.334 e. The molecule has 5 nitrogen and oxygen atoms in total. The van der Waals surface area contributed by atoms with Gasteiger partial charge in [-0.15, -0.1) is 0 Å². The average molecular weight is 191 g/mol. The lowest BCUT2D eigenvalue weighted by Gasteiger charge is -2.06. The lowest BCUT2D eigenvalue weighted by Crippen LogP contribution is -2.36. The number of nitrogens with one attached hydrogen (secondary N) is 1. The fourth-order valence-electron chi connectivity index (χ4n) is 0.860. The highest BCUT2D eigenvalue weighted by atomic mass is 32.2. The molecule has 1 fully saturated rings. The monoisotopic (exact) mass is 191 g/mol. The molecule has 1 heterocycles. The summed E-state index contributed by atoms with van der Waals surface area (Å²) in [5.74, 6) is -0.505. The largest absolute Gasteiger partial charge is 0.334 e. The van der Waals surface area contributed by atoms with E-state index in [1.165, 1.54) is 0 Å². The maximum absolute atomic E-state index is 10.9. The van der Waals surface area contributed by atoms with Crippen molar-refractivity contribution < 1.29 is 17.4 Å². The Morgan fingerprint density at radius 3 is 2.75 bits per heavy atom. The van der Waals surface area contributed by atoms with Crippen LogP contribution >= 0.6 is 0 Å². The Hall–Kier alpha value is -0.880. The molecule has 6 heteroatoms. The third-order valence-corrected chi connectivity index (χ3v) is 3.01. The first-order valence-electron chi connectivity index (χ1n) is 3.37. The average Bonchev–Trinajstić information content (AvgIpc) is 2.31.